The van der Waals surface area contributed by atoms with Gasteiger partial charge in [-0.2, -0.15) is 18.2 Å². The summed E-state index contributed by atoms with van der Waals surface area (Å²) >= 11 is 1.47. The van der Waals surface area contributed by atoms with Crippen molar-refractivity contribution in [1.82, 2.24) is 10.1 Å². The Balaban J connectivity index is 1.57. The maximum atomic E-state index is 13.2. The number of rotatable bonds is 5. The Morgan fingerprint density at radius 2 is 1.80 bits per heavy atom. The lowest BCUT2D eigenvalue weighted by Gasteiger charge is -2.14. The fraction of sp³-hybridized carbons (Fsp3) is 0.0952. The van der Waals surface area contributed by atoms with Gasteiger partial charge in [0.2, 0.25) is 11.7 Å². The highest BCUT2D eigenvalue weighted by molar-refractivity contribution is 7.13. The van der Waals surface area contributed by atoms with E-state index in [-0.39, 0.29) is 6.42 Å². The summed E-state index contributed by atoms with van der Waals surface area (Å²) in [6.45, 7) is 0. The number of carbonyl (C=O) groups is 1. The smallest absolute Gasteiger partial charge is 0.339 e. The van der Waals surface area contributed by atoms with Crippen molar-refractivity contribution in [3.63, 3.8) is 0 Å². The van der Waals surface area contributed by atoms with Crippen molar-refractivity contribution in [3.05, 3.63) is 88.6 Å². The van der Waals surface area contributed by atoms with Gasteiger partial charge in [0.05, 0.1) is 22.4 Å². The molecule has 0 fully saturated rings. The zero-order valence-corrected chi connectivity index (χ0v) is 16.1. The molecule has 4 rings (SSSR count). The number of halogens is 3. The van der Waals surface area contributed by atoms with Gasteiger partial charge >= 0.3 is 6.18 Å². The van der Waals surface area contributed by atoms with Crippen LogP contribution in [0.3, 0.4) is 0 Å². The van der Waals surface area contributed by atoms with Gasteiger partial charge in [-0.1, -0.05) is 41.6 Å². The van der Waals surface area contributed by atoms with Crippen LogP contribution >= 0.6 is 11.3 Å². The summed E-state index contributed by atoms with van der Waals surface area (Å²) < 4.78 is 45.0. The van der Waals surface area contributed by atoms with Crippen LogP contribution in [0.4, 0.5) is 18.9 Å². The van der Waals surface area contributed by atoms with Gasteiger partial charge < -0.3 is 9.84 Å². The molecule has 0 aliphatic heterocycles. The molecule has 4 aromatic rings. The standard InChI is InChI=1S/C21H14F3N3O2S/c22-21(23,24)15-8-3-2-7-14(15)20(28)25-16-9-4-1-6-13(16)12-18-26-19(27-29-18)17-10-5-11-30-17/h1-11H,12H2,(H,25,28). The molecular formula is C21H14F3N3O2S. The van der Waals surface area contributed by atoms with E-state index in [4.69, 9.17) is 4.52 Å². The second-order valence-electron chi connectivity index (χ2n) is 6.32. The normalized spacial score (nSPS) is 11.4. The van der Waals surface area contributed by atoms with E-state index in [9.17, 15) is 18.0 Å². The first-order valence-corrected chi connectivity index (χ1v) is 9.72. The van der Waals surface area contributed by atoms with Gasteiger partial charge in [0.15, 0.2) is 0 Å². The predicted molar refractivity (Wildman–Crippen MR) is 106 cm³/mol. The first-order valence-electron chi connectivity index (χ1n) is 8.84. The molecule has 0 unspecified atom stereocenters. The fourth-order valence-corrected chi connectivity index (χ4v) is 3.56. The number of anilines is 1. The van der Waals surface area contributed by atoms with Crippen LogP contribution in [0, 0.1) is 0 Å². The van der Waals surface area contributed by atoms with Gasteiger partial charge in [-0.15, -0.1) is 11.3 Å². The fourth-order valence-electron chi connectivity index (χ4n) is 2.91. The third-order valence-electron chi connectivity index (χ3n) is 4.29. The molecule has 0 saturated carbocycles. The Bertz CT molecular complexity index is 1170. The zero-order chi connectivity index (χ0) is 21.1. The van der Waals surface area contributed by atoms with E-state index in [2.05, 4.69) is 15.5 Å². The Hall–Kier alpha value is -3.46. The molecule has 2 aromatic carbocycles. The van der Waals surface area contributed by atoms with Crippen molar-refractivity contribution in [2.45, 2.75) is 12.6 Å². The summed E-state index contributed by atoms with van der Waals surface area (Å²) in [4.78, 5) is 17.8. The van der Waals surface area contributed by atoms with Crippen LogP contribution in [-0.2, 0) is 12.6 Å². The van der Waals surface area contributed by atoms with Crippen molar-refractivity contribution in [2.24, 2.45) is 0 Å². The SMILES string of the molecule is O=C(Nc1ccccc1Cc1nc(-c2cccs2)no1)c1ccccc1C(F)(F)F. The number of hydrogen-bond donors (Lipinski definition) is 1. The molecule has 5 nitrogen and oxygen atoms in total. The molecule has 0 bridgehead atoms. The number of para-hydroxylation sites is 1. The highest BCUT2D eigenvalue weighted by atomic mass is 32.1. The van der Waals surface area contributed by atoms with E-state index in [1.54, 1.807) is 24.3 Å². The maximum Gasteiger partial charge on any atom is 0.417 e. The van der Waals surface area contributed by atoms with Crippen molar-refractivity contribution in [3.8, 4) is 10.7 Å². The van der Waals surface area contributed by atoms with Gasteiger partial charge in [-0.05, 0) is 35.2 Å². The van der Waals surface area contributed by atoms with Gasteiger partial charge in [0.1, 0.15) is 0 Å². The lowest BCUT2D eigenvalue weighted by atomic mass is 10.1. The molecule has 2 aromatic heterocycles. The molecule has 0 aliphatic rings. The van der Waals surface area contributed by atoms with Crippen LogP contribution in [0.15, 0.2) is 70.6 Å². The van der Waals surface area contributed by atoms with Crippen molar-refractivity contribution >= 4 is 22.9 Å². The number of thiophene rings is 1. The van der Waals surface area contributed by atoms with Gasteiger partial charge in [-0.25, -0.2) is 0 Å². The summed E-state index contributed by atoms with van der Waals surface area (Å²) in [5, 5.41) is 8.41. The van der Waals surface area contributed by atoms with Crippen molar-refractivity contribution in [2.75, 3.05) is 5.32 Å². The van der Waals surface area contributed by atoms with Crippen LogP contribution < -0.4 is 5.32 Å². The van der Waals surface area contributed by atoms with Crippen LogP contribution in [-0.4, -0.2) is 16.0 Å². The Kier molecular flexibility index (Phi) is 5.37. The van der Waals surface area contributed by atoms with Gasteiger partial charge in [-0.3, -0.25) is 4.79 Å². The number of nitrogens with one attached hydrogen (secondary N) is 1. The molecular weight excluding hydrogens is 415 g/mol. The van der Waals surface area contributed by atoms with Crippen LogP contribution in [0.5, 0.6) is 0 Å². The number of aromatic nitrogens is 2. The number of amides is 1. The van der Waals surface area contributed by atoms with Crippen molar-refractivity contribution in [1.29, 1.82) is 0 Å². The minimum atomic E-state index is -4.63. The van der Waals surface area contributed by atoms with E-state index < -0.39 is 23.2 Å². The molecule has 1 amide bonds. The van der Waals surface area contributed by atoms with E-state index in [0.717, 1.165) is 17.0 Å². The average molecular weight is 429 g/mol. The first-order chi connectivity index (χ1) is 14.4. The second kappa shape index (κ2) is 8.11. The largest absolute Gasteiger partial charge is 0.417 e. The molecule has 152 valence electrons. The van der Waals surface area contributed by atoms with Crippen LogP contribution in [0.25, 0.3) is 10.7 Å². The molecule has 30 heavy (non-hydrogen) atoms. The number of alkyl halides is 3. The van der Waals surface area contributed by atoms with Crippen molar-refractivity contribution < 1.29 is 22.5 Å². The molecule has 0 atom stereocenters. The third-order valence-corrected chi connectivity index (χ3v) is 5.16. The maximum absolute atomic E-state index is 13.2. The van der Waals surface area contributed by atoms with Gasteiger partial charge in [0.25, 0.3) is 5.91 Å². The zero-order valence-electron chi connectivity index (χ0n) is 15.3. The number of carbonyl (C=O) groups excluding carboxylic acids is 1. The van der Waals surface area contributed by atoms with E-state index in [1.165, 1.54) is 23.5 Å². The summed E-state index contributed by atoms with van der Waals surface area (Å²) in [5.41, 5.74) is -0.429. The Morgan fingerprint density at radius 1 is 1.03 bits per heavy atom. The average Bonchev–Trinajstić information content (AvgIpc) is 3.40. The second-order valence-corrected chi connectivity index (χ2v) is 7.27. The summed E-state index contributed by atoms with van der Waals surface area (Å²) in [7, 11) is 0. The molecule has 9 heteroatoms. The molecule has 0 spiro atoms. The third kappa shape index (κ3) is 4.25. The summed E-state index contributed by atoms with van der Waals surface area (Å²) in [6, 6.07) is 15.2. The number of benzene rings is 2. The minimum absolute atomic E-state index is 0.218. The lowest BCUT2D eigenvalue weighted by molar-refractivity contribution is -0.137. The monoisotopic (exact) mass is 429 g/mol. The molecule has 0 aliphatic carbocycles. The number of nitrogens with zero attached hydrogens (tertiary/aromatic N) is 2. The van der Waals surface area contributed by atoms with Crippen LogP contribution in [0.1, 0.15) is 27.4 Å². The highest BCUT2D eigenvalue weighted by Crippen LogP contribution is 2.32. The van der Waals surface area contributed by atoms with Gasteiger partial charge in [0, 0.05) is 5.69 Å². The predicted octanol–water partition coefficient (Wildman–Crippen LogP) is 5.66. The summed E-state index contributed by atoms with van der Waals surface area (Å²) in [6.07, 6.45) is -4.41. The van der Waals surface area contributed by atoms with E-state index in [1.807, 2.05) is 17.5 Å². The Morgan fingerprint density at radius 3 is 2.57 bits per heavy atom. The first kappa shape index (κ1) is 19.8. The molecule has 1 N–H and O–H groups in total. The van der Waals surface area contributed by atoms with Crippen LogP contribution in [0.2, 0.25) is 0 Å². The number of hydrogen-bond acceptors (Lipinski definition) is 5. The molecule has 0 saturated heterocycles. The topological polar surface area (TPSA) is 68.0 Å². The quantitative estimate of drug-likeness (QED) is 0.445. The van der Waals surface area contributed by atoms with E-state index >= 15 is 0 Å². The molecule has 2 heterocycles. The van der Waals surface area contributed by atoms with E-state index in [0.29, 0.717) is 23.0 Å². The molecule has 0 radical (unpaired) electrons. The lowest BCUT2D eigenvalue weighted by Crippen LogP contribution is -2.19. The summed E-state index contributed by atoms with van der Waals surface area (Å²) in [5.74, 6) is -0.0587. The highest BCUT2D eigenvalue weighted by Gasteiger charge is 2.34. The Labute approximate surface area is 173 Å². The minimum Gasteiger partial charge on any atom is -0.339 e.